The van der Waals surface area contributed by atoms with Crippen LogP contribution < -0.4 is 10.1 Å². The van der Waals surface area contributed by atoms with Gasteiger partial charge in [-0.15, -0.1) is 0 Å². The molecule has 0 aliphatic rings. The zero-order valence-electron chi connectivity index (χ0n) is 16.0. The van der Waals surface area contributed by atoms with Crippen molar-refractivity contribution in [1.82, 2.24) is 5.32 Å². The van der Waals surface area contributed by atoms with Crippen molar-refractivity contribution >= 4 is 11.9 Å². The molecule has 5 heteroatoms. The number of hydrogen-bond acceptors (Lipinski definition) is 4. The van der Waals surface area contributed by atoms with Gasteiger partial charge in [0.1, 0.15) is 12.4 Å². The second kappa shape index (κ2) is 10.7. The Morgan fingerprint density at radius 2 is 1.45 bits per heavy atom. The van der Waals surface area contributed by atoms with Gasteiger partial charge in [-0.05, 0) is 30.2 Å². The van der Waals surface area contributed by atoms with E-state index in [9.17, 15) is 9.59 Å². The van der Waals surface area contributed by atoms with E-state index in [0.29, 0.717) is 23.4 Å². The van der Waals surface area contributed by atoms with E-state index >= 15 is 0 Å². The SMILES string of the molecule is O=C(COC(=O)c1ccccc1COc1ccccc1)NCCc1ccccc1. The van der Waals surface area contributed by atoms with Crippen molar-refractivity contribution in [3.63, 3.8) is 0 Å². The summed E-state index contributed by atoms with van der Waals surface area (Å²) in [4.78, 5) is 24.4. The van der Waals surface area contributed by atoms with Crippen LogP contribution in [0.25, 0.3) is 0 Å². The number of para-hydroxylation sites is 1. The Kier molecular flexibility index (Phi) is 7.41. The third kappa shape index (κ3) is 6.50. The molecule has 1 amide bonds. The van der Waals surface area contributed by atoms with Crippen LogP contribution in [0.3, 0.4) is 0 Å². The summed E-state index contributed by atoms with van der Waals surface area (Å²) in [7, 11) is 0. The van der Waals surface area contributed by atoms with Crippen molar-refractivity contribution in [3.05, 3.63) is 102 Å². The van der Waals surface area contributed by atoms with Gasteiger partial charge in [0.15, 0.2) is 6.61 Å². The van der Waals surface area contributed by atoms with E-state index in [1.807, 2.05) is 66.7 Å². The van der Waals surface area contributed by atoms with Gasteiger partial charge in [-0.1, -0.05) is 66.7 Å². The summed E-state index contributed by atoms with van der Waals surface area (Å²) >= 11 is 0. The number of ether oxygens (including phenoxy) is 2. The molecule has 0 atom stereocenters. The number of carbonyl (C=O) groups is 2. The maximum Gasteiger partial charge on any atom is 0.339 e. The van der Waals surface area contributed by atoms with Crippen LogP contribution in [0.1, 0.15) is 21.5 Å². The molecule has 3 rings (SSSR count). The van der Waals surface area contributed by atoms with Crippen molar-refractivity contribution in [2.45, 2.75) is 13.0 Å². The molecule has 0 saturated heterocycles. The molecule has 1 N–H and O–H groups in total. The maximum absolute atomic E-state index is 12.4. The van der Waals surface area contributed by atoms with E-state index in [1.165, 1.54) is 0 Å². The highest BCUT2D eigenvalue weighted by atomic mass is 16.5. The standard InChI is InChI=1S/C24H23NO4/c26-23(25-16-15-19-9-3-1-4-10-19)18-29-24(27)22-14-8-7-11-20(22)17-28-21-12-5-2-6-13-21/h1-14H,15-18H2,(H,25,26). The van der Waals surface area contributed by atoms with Crippen molar-refractivity contribution in [1.29, 1.82) is 0 Å². The Bertz CT molecular complexity index is 926. The minimum atomic E-state index is -0.546. The van der Waals surface area contributed by atoms with Crippen LogP contribution in [0.4, 0.5) is 0 Å². The maximum atomic E-state index is 12.4. The molecule has 0 fully saturated rings. The van der Waals surface area contributed by atoms with Gasteiger partial charge in [-0.25, -0.2) is 4.79 Å². The van der Waals surface area contributed by atoms with Crippen molar-refractivity contribution in [3.8, 4) is 5.75 Å². The Hall–Kier alpha value is -3.60. The van der Waals surface area contributed by atoms with Gasteiger partial charge in [0.05, 0.1) is 5.56 Å². The highest BCUT2D eigenvalue weighted by Gasteiger charge is 2.14. The molecular weight excluding hydrogens is 366 g/mol. The van der Waals surface area contributed by atoms with Gasteiger partial charge in [-0.2, -0.15) is 0 Å². The average Bonchev–Trinajstić information content (AvgIpc) is 2.78. The van der Waals surface area contributed by atoms with Gasteiger partial charge in [0, 0.05) is 12.1 Å². The quantitative estimate of drug-likeness (QED) is 0.566. The van der Waals surface area contributed by atoms with Crippen LogP contribution in [-0.4, -0.2) is 25.0 Å². The fourth-order valence-electron chi connectivity index (χ4n) is 2.77. The number of benzene rings is 3. The summed E-state index contributed by atoms with van der Waals surface area (Å²) in [6, 6.07) is 26.3. The second-order valence-electron chi connectivity index (χ2n) is 6.42. The predicted molar refractivity (Wildman–Crippen MR) is 111 cm³/mol. The number of esters is 1. The first-order valence-electron chi connectivity index (χ1n) is 9.46. The largest absolute Gasteiger partial charge is 0.489 e. The first-order chi connectivity index (χ1) is 14.2. The monoisotopic (exact) mass is 389 g/mol. The lowest BCUT2D eigenvalue weighted by Gasteiger charge is -2.11. The molecule has 0 radical (unpaired) electrons. The Morgan fingerprint density at radius 1 is 0.793 bits per heavy atom. The summed E-state index contributed by atoms with van der Waals surface area (Å²) < 4.78 is 10.9. The highest BCUT2D eigenvalue weighted by molar-refractivity contribution is 5.92. The molecule has 0 heterocycles. The van der Waals surface area contributed by atoms with Crippen LogP contribution in [0, 0.1) is 0 Å². The second-order valence-corrected chi connectivity index (χ2v) is 6.42. The summed E-state index contributed by atoms with van der Waals surface area (Å²) in [5, 5.41) is 2.76. The molecule has 0 aromatic heterocycles. The van der Waals surface area contributed by atoms with E-state index in [-0.39, 0.29) is 19.1 Å². The normalized spacial score (nSPS) is 10.2. The molecule has 0 unspecified atom stereocenters. The van der Waals surface area contributed by atoms with Crippen LogP contribution in [-0.2, 0) is 22.6 Å². The van der Waals surface area contributed by atoms with E-state index in [4.69, 9.17) is 9.47 Å². The first-order valence-corrected chi connectivity index (χ1v) is 9.46. The van der Waals surface area contributed by atoms with E-state index in [0.717, 1.165) is 12.0 Å². The van der Waals surface area contributed by atoms with Gasteiger partial charge >= 0.3 is 5.97 Å². The van der Waals surface area contributed by atoms with Crippen LogP contribution in [0.2, 0.25) is 0 Å². The number of hydrogen-bond donors (Lipinski definition) is 1. The van der Waals surface area contributed by atoms with Crippen LogP contribution in [0.15, 0.2) is 84.9 Å². The average molecular weight is 389 g/mol. The zero-order valence-corrected chi connectivity index (χ0v) is 16.0. The number of carbonyl (C=O) groups excluding carboxylic acids is 2. The number of nitrogens with one attached hydrogen (secondary N) is 1. The van der Waals surface area contributed by atoms with E-state index in [1.54, 1.807) is 18.2 Å². The summed E-state index contributed by atoms with van der Waals surface area (Å²) in [5.41, 5.74) is 2.23. The smallest absolute Gasteiger partial charge is 0.339 e. The Morgan fingerprint density at radius 3 is 2.21 bits per heavy atom. The summed E-state index contributed by atoms with van der Waals surface area (Å²) in [5.74, 6) is -0.156. The minimum absolute atomic E-state index is 0.235. The van der Waals surface area contributed by atoms with Crippen LogP contribution in [0.5, 0.6) is 5.75 Å². The predicted octanol–water partition coefficient (Wildman–Crippen LogP) is 3.78. The molecule has 0 bridgehead atoms. The molecule has 148 valence electrons. The third-order valence-electron chi connectivity index (χ3n) is 4.29. The van der Waals surface area contributed by atoms with Crippen LogP contribution >= 0.6 is 0 Å². The van der Waals surface area contributed by atoms with Gasteiger partial charge in [-0.3, -0.25) is 4.79 Å². The third-order valence-corrected chi connectivity index (χ3v) is 4.29. The zero-order chi connectivity index (χ0) is 20.3. The summed E-state index contributed by atoms with van der Waals surface area (Å²) in [6.45, 7) is 0.405. The lowest BCUT2D eigenvalue weighted by Crippen LogP contribution is -2.30. The molecule has 29 heavy (non-hydrogen) atoms. The molecule has 0 aliphatic heterocycles. The highest BCUT2D eigenvalue weighted by Crippen LogP contribution is 2.15. The fraction of sp³-hybridized carbons (Fsp3) is 0.167. The van der Waals surface area contributed by atoms with Gasteiger partial charge in [0.2, 0.25) is 0 Å². The van der Waals surface area contributed by atoms with Crippen molar-refractivity contribution < 1.29 is 19.1 Å². The number of amides is 1. The molecule has 0 spiro atoms. The minimum Gasteiger partial charge on any atom is -0.489 e. The Balaban J connectivity index is 1.47. The molecule has 3 aromatic rings. The van der Waals surface area contributed by atoms with Crippen molar-refractivity contribution in [2.24, 2.45) is 0 Å². The molecule has 5 nitrogen and oxygen atoms in total. The molecule has 3 aromatic carbocycles. The first kappa shape index (κ1) is 20.1. The Labute approximate surface area is 170 Å². The van der Waals surface area contributed by atoms with Gasteiger partial charge in [0.25, 0.3) is 5.91 Å². The lowest BCUT2D eigenvalue weighted by molar-refractivity contribution is -0.124. The van der Waals surface area contributed by atoms with E-state index < -0.39 is 5.97 Å². The molecular formula is C24H23NO4. The topological polar surface area (TPSA) is 64.6 Å². The lowest BCUT2D eigenvalue weighted by atomic mass is 10.1. The summed E-state index contributed by atoms with van der Waals surface area (Å²) in [6.07, 6.45) is 0.722. The molecule has 0 aliphatic carbocycles. The van der Waals surface area contributed by atoms with Gasteiger partial charge < -0.3 is 14.8 Å². The fourth-order valence-corrected chi connectivity index (χ4v) is 2.77. The number of rotatable bonds is 9. The van der Waals surface area contributed by atoms with Crippen molar-refractivity contribution in [2.75, 3.05) is 13.2 Å². The molecule has 0 saturated carbocycles. The van der Waals surface area contributed by atoms with E-state index in [2.05, 4.69) is 5.32 Å².